The topological polar surface area (TPSA) is 83.9 Å². The predicted octanol–water partition coefficient (Wildman–Crippen LogP) is 2.12. The van der Waals surface area contributed by atoms with E-state index >= 15 is 0 Å². The van der Waals surface area contributed by atoms with Gasteiger partial charge in [-0.05, 0) is 44.1 Å². The van der Waals surface area contributed by atoms with Gasteiger partial charge in [0.15, 0.2) is 5.82 Å². The quantitative estimate of drug-likeness (QED) is 0.787. The summed E-state index contributed by atoms with van der Waals surface area (Å²) in [5, 5.41) is 12.0. The monoisotopic (exact) mass is 334 g/mol. The lowest BCUT2D eigenvalue weighted by molar-refractivity contribution is -0.117. The van der Waals surface area contributed by atoms with Crippen LogP contribution >= 0.6 is 0 Å². The minimum atomic E-state index is -0.0550. The fourth-order valence-corrected chi connectivity index (χ4v) is 3.04. The molecule has 4 rings (SSSR count). The Kier molecular flexibility index (Phi) is 4.30. The van der Waals surface area contributed by atoms with Crippen LogP contribution < -0.4 is 5.32 Å². The molecule has 7 heteroatoms. The van der Waals surface area contributed by atoms with Gasteiger partial charge in [-0.1, -0.05) is 6.07 Å². The molecular formula is C18H18N6O. The highest BCUT2D eigenvalue weighted by atomic mass is 16.2. The molecule has 0 unspecified atom stereocenters. The van der Waals surface area contributed by atoms with Crippen molar-refractivity contribution in [1.82, 2.24) is 25.1 Å². The first kappa shape index (κ1) is 15.6. The Hall–Kier alpha value is -2.93. The number of carbonyl (C=O) groups is 1. The number of anilines is 1. The summed E-state index contributed by atoms with van der Waals surface area (Å²) in [4.78, 5) is 22.7. The SMILES string of the molecule is O=C(CN1CCCC1)Nc1cc2cc(-c3cnccn3)ccc2nn1. The zero-order valence-corrected chi connectivity index (χ0v) is 13.7. The van der Waals surface area contributed by atoms with Crippen LogP contribution in [0.25, 0.3) is 22.2 Å². The van der Waals surface area contributed by atoms with Crippen molar-refractivity contribution < 1.29 is 4.79 Å². The molecule has 0 atom stereocenters. The molecule has 1 aliphatic heterocycles. The lowest BCUT2D eigenvalue weighted by Crippen LogP contribution is -2.31. The average molecular weight is 334 g/mol. The number of benzene rings is 1. The van der Waals surface area contributed by atoms with Crippen molar-refractivity contribution in [2.75, 3.05) is 25.0 Å². The molecule has 3 heterocycles. The molecule has 0 radical (unpaired) electrons. The summed E-state index contributed by atoms with van der Waals surface area (Å²) in [6.07, 6.45) is 7.34. The van der Waals surface area contributed by atoms with Crippen molar-refractivity contribution in [3.8, 4) is 11.3 Å². The molecule has 1 aliphatic rings. The number of nitrogens with zero attached hydrogens (tertiary/aromatic N) is 5. The van der Waals surface area contributed by atoms with Crippen LogP contribution in [0.2, 0.25) is 0 Å². The van der Waals surface area contributed by atoms with Gasteiger partial charge in [-0.3, -0.25) is 19.7 Å². The minimum absolute atomic E-state index is 0.0550. The Morgan fingerprint density at radius 3 is 2.80 bits per heavy atom. The number of likely N-dealkylation sites (tertiary alicyclic amines) is 1. The first-order valence-electron chi connectivity index (χ1n) is 8.34. The number of carbonyl (C=O) groups excluding carboxylic acids is 1. The number of rotatable bonds is 4. The van der Waals surface area contributed by atoms with Crippen molar-refractivity contribution in [1.29, 1.82) is 0 Å². The number of nitrogens with one attached hydrogen (secondary N) is 1. The summed E-state index contributed by atoms with van der Waals surface area (Å²) in [7, 11) is 0. The Bertz CT molecular complexity index is 892. The third-order valence-corrected chi connectivity index (χ3v) is 4.28. The molecule has 1 fully saturated rings. The Morgan fingerprint density at radius 1 is 1.12 bits per heavy atom. The molecule has 0 spiro atoms. The molecule has 0 bridgehead atoms. The van der Waals surface area contributed by atoms with Crippen molar-refractivity contribution in [3.63, 3.8) is 0 Å². The molecule has 1 saturated heterocycles. The Balaban J connectivity index is 1.55. The molecule has 7 nitrogen and oxygen atoms in total. The van der Waals surface area contributed by atoms with Gasteiger partial charge in [-0.25, -0.2) is 0 Å². The molecule has 1 amide bonds. The van der Waals surface area contributed by atoms with Gasteiger partial charge in [0.05, 0.1) is 24.0 Å². The van der Waals surface area contributed by atoms with Crippen LogP contribution in [0.3, 0.4) is 0 Å². The van der Waals surface area contributed by atoms with E-state index in [1.165, 1.54) is 0 Å². The molecule has 3 aromatic rings. The highest BCUT2D eigenvalue weighted by Gasteiger charge is 2.15. The number of amides is 1. The highest BCUT2D eigenvalue weighted by molar-refractivity contribution is 5.93. The maximum Gasteiger partial charge on any atom is 0.239 e. The van der Waals surface area contributed by atoms with Gasteiger partial charge in [0.1, 0.15) is 0 Å². The highest BCUT2D eigenvalue weighted by Crippen LogP contribution is 2.22. The normalized spacial score (nSPS) is 14.7. The van der Waals surface area contributed by atoms with E-state index in [2.05, 4.69) is 30.4 Å². The molecule has 1 aromatic carbocycles. The maximum atomic E-state index is 12.2. The molecular weight excluding hydrogens is 316 g/mol. The van der Waals surface area contributed by atoms with Gasteiger partial charge >= 0.3 is 0 Å². The van der Waals surface area contributed by atoms with E-state index in [9.17, 15) is 4.79 Å². The van der Waals surface area contributed by atoms with Gasteiger partial charge < -0.3 is 5.32 Å². The minimum Gasteiger partial charge on any atom is -0.308 e. The van der Waals surface area contributed by atoms with Crippen molar-refractivity contribution in [2.24, 2.45) is 0 Å². The van der Waals surface area contributed by atoms with Crippen molar-refractivity contribution >= 4 is 22.6 Å². The maximum absolute atomic E-state index is 12.2. The Morgan fingerprint density at radius 2 is 2.00 bits per heavy atom. The van der Waals surface area contributed by atoms with Crippen LogP contribution in [-0.4, -0.2) is 50.6 Å². The van der Waals surface area contributed by atoms with Gasteiger partial charge in [0, 0.05) is 23.3 Å². The second-order valence-corrected chi connectivity index (χ2v) is 6.13. The lowest BCUT2D eigenvalue weighted by atomic mass is 10.1. The summed E-state index contributed by atoms with van der Waals surface area (Å²) in [5.41, 5.74) is 2.51. The molecule has 0 aliphatic carbocycles. The van der Waals surface area contributed by atoms with Gasteiger partial charge in [0.2, 0.25) is 5.91 Å². The van der Waals surface area contributed by atoms with E-state index in [1.54, 1.807) is 18.6 Å². The second kappa shape index (κ2) is 6.90. The molecule has 2 aromatic heterocycles. The van der Waals surface area contributed by atoms with E-state index in [-0.39, 0.29) is 5.91 Å². The number of fused-ring (bicyclic) bond motifs is 1. The fraction of sp³-hybridized carbons (Fsp3) is 0.278. The van der Waals surface area contributed by atoms with Crippen molar-refractivity contribution in [3.05, 3.63) is 42.9 Å². The van der Waals surface area contributed by atoms with Crippen LogP contribution in [0.15, 0.2) is 42.9 Å². The number of hydrogen-bond donors (Lipinski definition) is 1. The van der Waals surface area contributed by atoms with Gasteiger partial charge in [-0.15, -0.1) is 10.2 Å². The van der Waals surface area contributed by atoms with E-state index in [0.29, 0.717) is 12.4 Å². The Labute approximate surface area is 145 Å². The second-order valence-electron chi connectivity index (χ2n) is 6.13. The third kappa shape index (κ3) is 3.61. The summed E-state index contributed by atoms with van der Waals surface area (Å²) in [6.45, 7) is 2.37. The summed E-state index contributed by atoms with van der Waals surface area (Å²) in [5.74, 6) is 0.411. The fourth-order valence-electron chi connectivity index (χ4n) is 3.04. The third-order valence-electron chi connectivity index (χ3n) is 4.28. The van der Waals surface area contributed by atoms with Crippen LogP contribution in [0.1, 0.15) is 12.8 Å². The number of hydrogen-bond acceptors (Lipinski definition) is 6. The van der Waals surface area contributed by atoms with Crippen molar-refractivity contribution in [2.45, 2.75) is 12.8 Å². The molecule has 0 saturated carbocycles. The van der Waals surface area contributed by atoms with Crippen LogP contribution in [0.4, 0.5) is 5.82 Å². The van der Waals surface area contributed by atoms with Crippen LogP contribution in [-0.2, 0) is 4.79 Å². The van der Waals surface area contributed by atoms with Crippen LogP contribution in [0, 0.1) is 0 Å². The standard InChI is InChI=1S/C18H18N6O/c25-18(12-24-7-1-2-8-24)21-17-10-14-9-13(3-4-15(14)22-23-17)16-11-19-5-6-20-16/h3-6,9-11H,1-2,7-8,12H2,(H,21,23,25). The molecule has 25 heavy (non-hydrogen) atoms. The largest absolute Gasteiger partial charge is 0.308 e. The molecule has 126 valence electrons. The van der Waals surface area contributed by atoms with Gasteiger partial charge in [-0.2, -0.15) is 0 Å². The predicted molar refractivity (Wildman–Crippen MR) is 94.9 cm³/mol. The number of aromatic nitrogens is 4. The van der Waals surface area contributed by atoms with E-state index < -0.39 is 0 Å². The van der Waals surface area contributed by atoms with Crippen LogP contribution in [0.5, 0.6) is 0 Å². The summed E-state index contributed by atoms with van der Waals surface area (Å²) >= 11 is 0. The zero-order chi connectivity index (χ0) is 17.1. The summed E-state index contributed by atoms with van der Waals surface area (Å²) in [6, 6.07) is 7.64. The average Bonchev–Trinajstić information content (AvgIpc) is 3.14. The lowest BCUT2D eigenvalue weighted by Gasteiger charge is -2.13. The first-order valence-corrected chi connectivity index (χ1v) is 8.34. The van der Waals surface area contributed by atoms with Gasteiger partial charge in [0.25, 0.3) is 0 Å². The molecule has 1 N–H and O–H groups in total. The first-order chi connectivity index (χ1) is 12.3. The zero-order valence-electron chi connectivity index (χ0n) is 13.7. The summed E-state index contributed by atoms with van der Waals surface area (Å²) < 4.78 is 0. The van der Waals surface area contributed by atoms with E-state index in [4.69, 9.17) is 0 Å². The smallest absolute Gasteiger partial charge is 0.239 e. The van der Waals surface area contributed by atoms with E-state index in [1.807, 2.05) is 24.3 Å². The van der Waals surface area contributed by atoms with E-state index in [0.717, 1.165) is 48.1 Å².